The van der Waals surface area contributed by atoms with Gasteiger partial charge in [-0.3, -0.25) is 10.1 Å². The Kier molecular flexibility index (Phi) is 5.18. The van der Waals surface area contributed by atoms with Crippen LogP contribution in [0.4, 0.5) is 0 Å². The predicted molar refractivity (Wildman–Crippen MR) is 82.7 cm³/mol. The lowest BCUT2D eigenvalue weighted by atomic mass is 10.1. The Hall–Kier alpha value is -1.77. The fraction of sp³-hybridized carbons (Fsp3) is 0.467. The number of benzene rings is 1. The van der Waals surface area contributed by atoms with Crippen LogP contribution in [-0.4, -0.2) is 32.6 Å². The molecule has 1 aliphatic heterocycles. The van der Waals surface area contributed by atoms with E-state index in [2.05, 4.69) is 10.0 Å². The van der Waals surface area contributed by atoms with Crippen molar-refractivity contribution in [2.75, 3.05) is 6.54 Å². The molecule has 1 aliphatic rings. The largest absolute Gasteiger partial charge is 0.391 e. The van der Waals surface area contributed by atoms with Gasteiger partial charge in [0.25, 0.3) is 0 Å². The molecule has 1 fully saturated rings. The quantitative estimate of drug-likeness (QED) is 0.606. The van der Waals surface area contributed by atoms with Gasteiger partial charge < -0.3 is 4.74 Å². The number of carbonyl (C=O) groups excluding carboxylic acids is 2. The Morgan fingerprint density at radius 3 is 2.43 bits per heavy atom. The first-order valence-electron chi connectivity index (χ1n) is 7.37. The van der Waals surface area contributed by atoms with E-state index < -0.39 is 33.5 Å². The minimum atomic E-state index is -3.93. The van der Waals surface area contributed by atoms with Crippen LogP contribution in [0.5, 0.6) is 0 Å². The Morgan fingerprint density at radius 1 is 1.26 bits per heavy atom. The third-order valence-corrected chi connectivity index (χ3v) is 5.04. The average Bonchev–Trinajstić information content (AvgIpc) is 2.97. The van der Waals surface area contributed by atoms with Crippen molar-refractivity contribution in [2.45, 2.75) is 37.2 Å². The Bertz CT molecular complexity index is 679. The standard InChI is InChI=1S/C15H20N2O5S/c1-11(2)13(18)22-14(19)15(9-6-10-16-15)17-23(20,21)12-7-4-3-5-8-12/h3-5,7-8,11,16-17H,6,9-10H2,1-2H3/t15-/m1/s1. The third kappa shape index (κ3) is 3.95. The van der Waals surface area contributed by atoms with E-state index in [4.69, 9.17) is 4.74 Å². The Balaban J connectivity index is 2.25. The fourth-order valence-electron chi connectivity index (χ4n) is 2.23. The SMILES string of the molecule is CC(C)C(=O)OC(=O)[C@]1(NS(=O)(=O)c2ccccc2)CCCN1. The van der Waals surface area contributed by atoms with Gasteiger partial charge in [-0.05, 0) is 31.5 Å². The average molecular weight is 340 g/mol. The van der Waals surface area contributed by atoms with Gasteiger partial charge in [-0.1, -0.05) is 32.0 Å². The molecule has 1 heterocycles. The van der Waals surface area contributed by atoms with E-state index in [1.165, 1.54) is 12.1 Å². The minimum Gasteiger partial charge on any atom is -0.391 e. The van der Waals surface area contributed by atoms with Crippen LogP contribution in [0.2, 0.25) is 0 Å². The number of carbonyl (C=O) groups is 2. The Labute approximate surface area is 135 Å². The molecule has 0 aromatic heterocycles. The molecular weight excluding hydrogens is 320 g/mol. The van der Waals surface area contributed by atoms with E-state index in [1.54, 1.807) is 32.0 Å². The second-order valence-electron chi connectivity index (χ2n) is 5.72. The highest BCUT2D eigenvalue weighted by atomic mass is 32.2. The van der Waals surface area contributed by atoms with Gasteiger partial charge in [0, 0.05) is 0 Å². The normalized spacial score (nSPS) is 21.3. The van der Waals surface area contributed by atoms with Crippen molar-refractivity contribution < 1.29 is 22.7 Å². The molecule has 126 valence electrons. The molecule has 0 saturated carbocycles. The van der Waals surface area contributed by atoms with Gasteiger partial charge in [-0.15, -0.1) is 0 Å². The van der Waals surface area contributed by atoms with Crippen LogP contribution in [0.3, 0.4) is 0 Å². The van der Waals surface area contributed by atoms with Crippen LogP contribution in [0, 0.1) is 5.92 Å². The van der Waals surface area contributed by atoms with E-state index in [0.29, 0.717) is 13.0 Å². The molecule has 2 N–H and O–H groups in total. The first-order valence-corrected chi connectivity index (χ1v) is 8.85. The maximum absolute atomic E-state index is 12.5. The van der Waals surface area contributed by atoms with Gasteiger partial charge in [-0.25, -0.2) is 13.2 Å². The second-order valence-corrected chi connectivity index (χ2v) is 7.40. The van der Waals surface area contributed by atoms with Gasteiger partial charge in [0.2, 0.25) is 10.0 Å². The number of rotatable bonds is 5. The molecule has 23 heavy (non-hydrogen) atoms. The number of sulfonamides is 1. The summed E-state index contributed by atoms with van der Waals surface area (Å²) >= 11 is 0. The maximum atomic E-state index is 12.5. The monoisotopic (exact) mass is 340 g/mol. The molecule has 0 bridgehead atoms. The van der Waals surface area contributed by atoms with E-state index in [-0.39, 0.29) is 11.3 Å². The lowest BCUT2D eigenvalue weighted by Crippen LogP contribution is -2.61. The molecule has 0 spiro atoms. The predicted octanol–water partition coefficient (Wildman–Crippen LogP) is 0.770. The first kappa shape index (κ1) is 17.6. The van der Waals surface area contributed by atoms with Crippen molar-refractivity contribution in [3.05, 3.63) is 30.3 Å². The van der Waals surface area contributed by atoms with E-state index in [9.17, 15) is 18.0 Å². The molecule has 2 rings (SSSR count). The van der Waals surface area contributed by atoms with Gasteiger partial charge in [0.15, 0.2) is 5.66 Å². The van der Waals surface area contributed by atoms with Crippen LogP contribution in [0.25, 0.3) is 0 Å². The van der Waals surface area contributed by atoms with Crippen molar-refractivity contribution in [1.82, 2.24) is 10.0 Å². The summed E-state index contributed by atoms with van der Waals surface area (Å²) < 4.78 is 32.1. The number of hydrogen-bond acceptors (Lipinski definition) is 6. The zero-order valence-corrected chi connectivity index (χ0v) is 13.9. The van der Waals surface area contributed by atoms with Gasteiger partial charge >= 0.3 is 11.9 Å². The van der Waals surface area contributed by atoms with E-state index in [1.807, 2.05) is 0 Å². The molecule has 0 radical (unpaired) electrons. The molecule has 1 aromatic rings. The summed E-state index contributed by atoms with van der Waals surface area (Å²) in [7, 11) is -3.93. The van der Waals surface area contributed by atoms with Crippen molar-refractivity contribution in [3.8, 4) is 0 Å². The minimum absolute atomic E-state index is 0.0380. The number of hydrogen-bond donors (Lipinski definition) is 2. The highest BCUT2D eigenvalue weighted by Crippen LogP contribution is 2.22. The first-order chi connectivity index (χ1) is 10.8. The highest BCUT2D eigenvalue weighted by Gasteiger charge is 2.47. The van der Waals surface area contributed by atoms with Crippen molar-refractivity contribution in [1.29, 1.82) is 0 Å². The van der Waals surface area contributed by atoms with Crippen LogP contribution < -0.4 is 10.0 Å². The molecule has 1 atom stereocenters. The third-order valence-electron chi connectivity index (χ3n) is 3.53. The molecule has 0 unspecified atom stereocenters. The summed E-state index contributed by atoms with van der Waals surface area (Å²) in [4.78, 5) is 24.0. The summed E-state index contributed by atoms with van der Waals surface area (Å²) in [6, 6.07) is 7.72. The molecule has 0 amide bonds. The lowest BCUT2D eigenvalue weighted by Gasteiger charge is -2.27. The summed E-state index contributed by atoms with van der Waals surface area (Å²) in [5.41, 5.74) is -1.61. The van der Waals surface area contributed by atoms with Gasteiger partial charge in [0.05, 0.1) is 10.8 Å². The van der Waals surface area contributed by atoms with E-state index in [0.717, 1.165) is 0 Å². The maximum Gasteiger partial charge on any atom is 0.350 e. The summed E-state index contributed by atoms with van der Waals surface area (Å²) in [6.07, 6.45) is 0.797. The number of nitrogens with one attached hydrogen (secondary N) is 2. The number of ether oxygens (including phenoxy) is 1. The molecule has 7 nitrogen and oxygen atoms in total. The van der Waals surface area contributed by atoms with Crippen LogP contribution in [0.1, 0.15) is 26.7 Å². The smallest absolute Gasteiger partial charge is 0.350 e. The number of esters is 2. The van der Waals surface area contributed by atoms with Gasteiger partial charge in [0.1, 0.15) is 0 Å². The van der Waals surface area contributed by atoms with E-state index >= 15 is 0 Å². The Morgan fingerprint density at radius 2 is 1.91 bits per heavy atom. The van der Waals surface area contributed by atoms with Gasteiger partial charge in [-0.2, -0.15) is 4.72 Å². The molecule has 1 aromatic carbocycles. The van der Waals surface area contributed by atoms with Crippen LogP contribution in [-0.2, 0) is 24.3 Å². The van der Waals surface area contributed by atoms with Crippen molar-refractivity contribution >= 4 is 22.0 Å². The second kappa shape index (κ2) is 6.77. The topological polar surface area (TPSA) is 102 Å². The highest BCUT2D eigenvalue weighted by molar-refractivity contribution is 7.89. The molecule has 8 heteroatoms. The van der Waals surface area contributed by atoms with Crippen molar-refractivity contribution in [2.24, 2.45) is 5.92 Å². The summed E-state index contributed by atoms with van der Waals surface area (Å²) in [5.74, 6) is -2.10. The molecule has 0 aliphatic carbocycles. The van der Waals surface area contributed by atoms with Crippen molar-refractivity contribution in [3.63, 3.8) is 0 Å². The molecule has 1 saturated heterocycles. The summed E-state index contributed by atoms with van der Waals surface area (Å²) in [5, 5.41) is 2.82. The van der Waals surface area contributed by atoms with Crippen LogP contribution >= 0.6 is 0 Å². The fourth-order valence-corrected chi connectivity index (χ4v) is 3.58. The zero-order chi connectivity index (χ0) is 17.1. The lowest BCUT2D eigenvalue weighted by molar-refractivity contribution is -0.166. The zero-order valence-electron chi connectivity index (χ0n) is 13.0. The molecular formula is C15H20N2O5S. The van der Waals surface area contributed by atoms with Crippen LogP contribution in [0.15, 0.2) is 35.2 Å². The summed E-state index contributed by atoms with van der Waals surface area (Å²) in [6.45, 7) is 3.64.